The molecule has 6 aliphatic carbocycles. The van der Waals surface area contributed by atoms with Gasteiger partial charge in [-0.3, -0.25) is 9.69 Å². The number of carbonyl (C=O) groups is 1. The fourth-order valence-corrected chi connectivity index (χ4v) is 10.6. The van der Waals surface area contributed by atoms with Gasteiger partial charge >= 0.3 is 0 Å². The molecular formula is C22H31NO4. The first-order valence-corrected chi connectivity index (χ1v) is 11.1. The van der Waals surface area contributed by atoms with E-state index in [4.69, 9.17) is 4.74 Å². The average molecular weight is 373 g/mol. The van der Waals surface area contributed by atoms with E-state index in [0.29, 0.717) is 31.0 Å². The Balaban J connectivity index is 1.57. The molecule has 8 aliphatic rings. The summed E-state index contributed by atoms with van der Waals surface area (Å²) in [4.78, 5) is 16.5. The van der Waals surface area contributed by atoms with Crippen molar-refractivity contribution in [3.63, 3.8) is 0 Å². The molecule has 8 rings (SSSR count). The number of Topliss-reactive ketones (excluding diaryl/α,β-unsaturated/α-hetero) is 1. The van der Waals surface area contributed by atoms with Gasteiger partial charge in [0.05, 0.1) is 17.8 Å². The second-order valence-electron chi connectivity index (χ2n) is 11.5. The van der Waals surface area contributed by atoms with Crippen LogP contribution in [0.25, 0.3) is 0 Å². The Morgan fingerprint density at radius 2 is 2.04 bits per heavy atom. The van der Waals surface area contributed by atoms with E-state index >= 15 is 0 Å². The maximum Gasteiger partial charge on any atom is 0.140 e. The third kappa shape index (κ3) is 1.27. The molecule has 5 heteroatoms. The third-order valence-corrected chi connectivity index (χ3v) is 11.3. The van der Waals surface area contributed by atoms with Gasteiger partial charge in [-0.2, -0.15) is 0 Å². The van der Waals surface area contributed by atoms with Crippen LogP contribution >= 0.6 is 0 Å². The molecule has 0 aromatic carbocycles. The van der Waals surface area contributed by atoms with Gasteiger partial charge in [0.25, 0.3) is 0 Å². The molecule has 6 saturated carbocycles. The molecular weight excluding hydrogens is 342 g/mol. The Bertz CT molecular complexity index is 782. The third-order valence-electron chi connectivity index (χ3n) is 11.3. The molecule has 0 radical (unpaired) electrons. The lowest BCUT2D eigenvalue weighted by Crippen LogP contribution is -2.79. The van der Waals surface area contributed by atoms with E-state index in [0.717, 1.165) is 38.8 Å². The largest absolute Gasteiger partial charge is 0.390 e. The number of nitrogens with zero attached hydrogens (tertiary/aromatic N) is 1. The standard InChI is InChI=1S/C22H31NO4/c1-18(25)11-20-10-15(24)19(2)13-4-3-5-21(19)16(23-6-7-27-17(13)23)14(20)8-12(18)9-22(20,21)26/h12-14,16-17,25-26H,3-11H2,1-2H3/t12-,13-,14+,16+,17+,18+,19-,20+,21-,22-/m0/s1. The van der Waals surface area contributed by atoms with Crippen LogP contribution in [0, 0.1) is 34.0 Å². The molecule has 2 saturated heterocycles. The maximum atomic E-state index is 13.9. The molecule has 2 N–H and O–H groups in total. The highest BCUT2D eigenvalue weighted by Gasteiger charge is 2.91. The van der Waals surface area contributed by atoms with Gasteiger partial charge in [0.2, 0.25) is 0 Å². The van der Waals surface area contributed by atoms with Crippen molar-refractivity contribution in [2.45, 2.75) is 82.3 Å². The number of carbonyl (C=O) groups excluding carboxylic acids is 1. The average Bonchev–Trinajstić information content (AvgIpc) is 3.05. The van der Waals surface area contributed by atoms with Crippen LogP contribution in [0.15, 0.2) is 0 Å². The van der Waals surface area contributed by atoms with Crippen LogP contribution < -0.4 is 0 Å². The second-order valence-corrected chi connectivity index (χ2v) is 11.5. The molecule has 148 valence electrons. The van der Waals surface area contributed by atoms with Crippen LogP contribution in [0.1, 0.15) is 58.8 Å². The summed E-state index contributed by atoms with van der Waals surface area (Å²) in [5.74, 6) is 1.03. The summed E-state index contributed by atoms with van der Waals surface area (Å²) in [5.41, 5.74) is -2.83. The molecule has 2 heterocycles. The first-order valence-electron chi connectivity index (χ1n) is 11.1. The summed E-state index contributed by atoms with van der Waals surface area (Å²) >= 11 is 0. The fraction of sp³-hybridized carbons (Fsp3) is 0.955. The fourth-order valence-electron chi connectivity index (χ4n) is 10.6. The molecule has 0 aromatic rings. The van der Waals surface area contributed by atoms with E-state index < -0.39 is 22.0 Å². The van der Waals surface area contributed by atoms with Crippen LogP contribution in [0.2, 0.25) is 0 Å². The summed E-state index contributed by atoms with van der Waals surface area (Å²) in [6, 6.07) is 0.240. The van der Waals surface area contributed by atoms with E-state index in [1.54, 1.807) is 0 Å². The molecule has 0 aromatic heterocycles. The zero-order valence-corrected chi connectivity index (χ0v) is 16.4. The lowest BCUT2D eigenvalue weighted by atomic mass is 9.34. The minimum atomic E-state index is -0.810. The Kier molecular flexibility index (Phi) is 2.53. The number of hydrogen-bond donors (Lipinski definition) is 2. The summed E-state index contributed by atoms with van der Waals surface area (Å²) in [6.07, 6.45) is 5.83. The van der Waals surface area contributed by atoms with E-state index in [9.17, 15) is 15.0 Å². The highest BCUT2D eigenvalue weighted by Crippen LogP contribution is 2.86. The van der Waals surface area contributed by atoms with Crippen LogP contribution in [-0.2, 0) is 9.53 Å². The van der Waals surface area contributed by atoms with Gasteiger partial charge in [0, 0.05) is 41.2 Å². The summed E-state index contributed by atoms with van der Waals surface area (Å²) in [7, 11) is 0. The van der Waals surface area contributed by atoms with Gasteiger partial charge in [0.15, 0.2) is 0 Å². The quantitative estimate of drug-likeness (QED) is 0.676. The molecule has 8 fully saturated rings. The molecule has 0 unspecified atom stereocenters. The highest BCUT2D eigenvalue weighted by atomic mass is 16.5. The second kappa shape index (κ2) is 4.19. The van der Waals surface area contributed by atoms with Gasteiger partial charge in [-0.25, -0.2) is 0 Å². The first kappa shape index (κ1) is 16.3. The normalized spacial score (nSPS) is 68.3. The van der Waals surface area contributed by atoms with Crippen molar-refractivity contribution in [2.75, 3.05) is 13.2 Å². The first-order chi connectivity index (χ1) is 12.7. The maximum absolute atomic E-state index is 13.9. The van der Waals surface area contributed by atoms with E-state index in [1.807, 2.05) is 6.92 Å². The van der Waals surface area contributed by atoms with Crippen molar-refractivity contribution in [1.29, 1.82) is 0 Å². The molecule has 6 bridgehead atoms. The lowest BCUT2D eigenvalue weighted by molar-refractivity contribution is -0.310. The predicted octanol–water partition coefficient (Wildman–Crippen LogP) is 1.70. The van der Waals surface area contributed by atoms with Crippen molar-refractivity contribution < 1.29 is 19.7 Å². The van der Waals surface area contributed by atoms with Gasteiger partial charge in [-0.05, 0) is 50.9 Å². The van der Waals surface area contributed by atoms with E-state index in [2.05, 4.69) is 11.8 Å². The molecule has 10 atom stereocenters. The Morgan fingerprint density at radius 3 is 2.85 bits per heavy atom. The topological polar surface area (TPSA) is 70.0 Å². The molecule has 27 heavy (non-hydrogen) atoms. The van der Waals surface area contributed by atoms with Gasteiger partial charge in [0.1, 0.15) is 12.0 Å². The molecule has 0 amide bonds. The zero-order chi connectivity index (χ0) is 18.6. The number of fused-ring (bicyclic) bond motifs is 4. The number of aliphatic hydroxyl groups is 2. The Hall–Kier alpha value is -0.490. The smallest absolute Gasteiger partial charge is 0.140 e. The van der Waals surface area contributed by atoms with E-state index in [-0.39, 0.29) is 29.5 Å². The van der Waals surface area contributed by atoms with Crippen molar-refractivity contribution in [2.24, 2.45) is 34.0 Å². The minimum absolute atomic E-state index is 0.0505. The number of hydrogen-bond acceptors (Lipinski definition) is 5. The molecule has 5 nitrogen and oxygen atoms in total. The molecule has 2 aliphatic heterocycles. The van der Waals surface area contributed by atoms with Crippen molar-refractivity contribution in [3.05, 3.63) is 0 Å². The van der Waals surface area contributed by atoms with Gasteiger partial charge in [-0.15, -0.1) is 0 Å². The van der Waals surface area contributed by atoms with Crippen LogP contribution in [0.4, 0.5) is 0 Å². The SMILES string of the molecule is C[C@@]1(O)C[C@]23CC(=O)[C@]4(C)[C@H]5CCC[C@]46[C@@H]([C@H]2C[C@H]1C[C@]36O)N1CCO[C@H]51. The van der Waals surface area contributed by atoms with E-state index in [1.165, 1.54) is 0 Å². The predicted molar refractivity (Wildman–Crippen MR) is 96.6 cm³/mol. The van der Waals surface area contributed by atoms with Gasteiger partial charge in [-0.1, -0.05) is 13.3 Å². The summed E-state index contributed by atoms with van der Waals surface area (Å²) in [5, 5.41) is 23.8. The van der Waals surface area contributed by atoms with Crippen LogP contribution in [0.3, 0.4) is 0 Å². The lowest BCUT2D eigenvalue weighted by Gasteiger charge is -2.72. The highest BCUT2D eigenvalue weighted by molar-refractivity contribution is 5.90. The van der Waals surface area contributed by atoms with Crippen molar-refractivity contribution in [1.82, 2.24) is 4.90 Å². The number of rotatable bonds is 0. The number of ether oxygens (including phenoxy) is 1. The van der Waals surface area contributed by atoms with Crippen molar-refractivity contribution >= 4 is 5.78 Å². The van der Waals surface area contributed by atoms with Gasteiger partial charge < -0.3 is 14.9 Å². The zero-order valence-electron chi connectivity index (χ0n) is 16.4. The number of piperidine rings is 1. The monoisotopic (exact) mass is 373 g/mol. The minimum Gasteiger partial charge on any atom is -0.390 e. The number of ketones is 1. The Labute approximate surface area is 160 Å². The van der Waals surface area contributed by atoms with Crippen molar-refractivity contribution in [3.8, 4) is 0 Å². The van der Waals surface area contributed by atoms with Crippen LogP contribution in [-0.4, -0.2) is 57.5 Å². The Morgan fingerprint density at radius 1 is 1.22 bits per heavy atom. The van der Waals surface area contributed by atoms with Crippen LogP contribution in [0.5, 0.6) is 0 Å². The summed E-state index contributed by atoms with van der Waals surface area (Å²) in [6.45, 7) is 5.83. The molecule has 2 spiro atoms. The summed E-state index contributed by atoms with van der Waals surface area (Å²) < 4.78 is 6.25.